The van der Waals surface area contributed by atoms with Crippen LogP contribution in [0.1, 0.15) is 35.5 Å². The average molecular weight is 434 g/mol. The van der Waals surface area contributed by atoms with E-state index in [1.54, 1.807) is 30.3 Å². The number of hydrogen-bond acceptors (Lipinski definition) is 5. The van der Waals surface area contributed by atoms with Crippen molar-refractivity contribution in [3.8, 4) is 11.5 Å². The van der Waals surface area contributed by atoms with E-state index in [-0.39, 0.29) is 17.6 Å². The highest BCUT2D eigenvalue weighted by atomic mass is 16.5. The van der Waals surface area contributed by atoms with E-state index in [1.807, 2.05) is 44.2 Å². The first-order valence-corrected chi connectivity index (χ1v) is 10.4. The van der Waals surface area contributed by atoms with Gasteiger partial charge in [0.1, 0.15) is 0 Å². The molecule has 2 aromatic carbocycles. The quantitative estimate of drug-likeness (QED) is 0.453. The Kier molecular flexibility index (Phi) is 8.09. The highest BCUT2D eigenvalue weighted by molar-refractivity contribution is 6.02. The maximum atomic E-state index is 12.3. The third-order valence-electron chi connectivity index (χ3n) is 4.39. The fourth-order valence-electron chi connectivity index (χ4n) is 2.95. The van der Waals surface area contributed by atoms with Crippen LogP contribution in [0.4, 0.5) is 5.69 Å². The number of rotatable bonds is 10. The van der Waals surface area contributed by atoms with Gasteiger partial charge in [0.15, 0.2) is 17.3 Å². The molecular formula is C25H26N2O5. The summed E-state index contributed by atoms with van der Waals surface area (Å²) in [6.07, 6.45) is 4.63. The van der Waals surface area contributed by atoms with E-state index < -0.39 is 0 Å². The van der Waals surface area contributed by atoms with E-state index in [2.05, 4.69) is 10.6 Å². The summed E-state index contributed by atoms with van der Waals surface area (Å²) >= 11 is 0. The highest BCUT2D eigenvalue weighted by Crippen LogP contribution is 2.29. The first-order valence-electron chi connectivity index (χ1n) is 10.4. The van der Waals surface area contributed by atoms with Crippen LogP contribution in [0, 0.1) is 0 Å². The van der Waals surface area contributed by atoms with Gasteiger partial charge in [-0.1, -0.05) is 18.2 Å². The molecule has 1 heterocycles. The normalized spacial score (nSPS) is 10.7. The van der Waals surface area contributed by atoms with Crippen molar-refractivity contribution >= 4 is 23.6 Å². The number of ether oxygens (including phenoxy) is 2. The van der Waals surface area contributed by atoms with Crippen LogP contribution in [0.3, 0.4) is 0 Å². The van der Waals surface area contributed by atoms with Crippen molar-refractivity contribution in [2.45, 2.75) is 20.4 Å². The molecule has 0 saturated heterocycles. The molecule has 0 bridgehead atoms. The minimum atomic E-state index is -0.333. The van der Waals surface area contributed by atoms with Crippen LogP contribution in [0.15, 0.2) is 71.4 Å². The average Bonchev–Trinajstić information content (AvgIpc) is 3.34. The molecule has 3 aromatic rings. The largest absolute Gasteiger partial charge is 0.490 e. The molecular weight excluding hydrogens is 408 g/mol. The first kappa shape index (κ1) is 22.7. The summed E-state index contributed by atoms with van der Waals surface area (Å²) in [5.41, 5.74) is 2.30. The second-order valence-corrected chi connectivity index (χ2v) is 6.76. The molecule has 0 unspecified atom stereocenters. The zero-order valence-corrected chi connectivity index (χ0v) is 18.1. The third-order valence-corrected chi connectivity index (χ3v) is 4.39. The lowest BCUT2D eigenvalue weighted by Crippen LogP contribution is -2.20. The zero-order chi connectivity index (χ0) is 22.8. The van der Waals surface area contributed by atoms with Gasteiger partial charge >= 0.3 is 0 Å². The lowest BCUT2D eigenvalue weighted by atomic mass is 10.1. The number of benzene rings is 2. The van der Waals surface area contributed by atoms with Crippen LogP contribution >= 0.6 is 0 Å². The van der Waals surface area contributed by atoms with Gasteiger partial charge in [-0.25, -0.2) is 0 Å². The Morgan fingerprint density at radius 2 is 1.78 bits per heavy atom. The van der Waals surface area contributed by atoms with Crippen molar-refractivity contribution in [2.24, 2.45) is 0 Å². The van der Waals surface area contributed by atoms with Gasteiger partial charge in [0, 0.05) is 18.3 Å². The van der Waals surface area contributed by atoms with Gasteiger partial charge in [-0.2, -0.15) is 0 Å². The molecule has 0 fully saturated rings. The minimum absolute atomic E-state index is 0.232. The van der Waals surface area contributed by atoms with Crippen molar-refractivity contribution in [3.63, 3.8) is 0 Å². The Hall–Kier alpha value is -4.00. The lowest BCUT2D eigenvalue weighted by Gasteiger charge is -2.11. The molecule has 0 saturated carbocycles. The maximum Gasteiger partial charge on any atom is 0.291 e. The van der Waals surface area contributed by atoms with Gasteiger partial charge in [0.05, 0.1) is 19.5 Å². The molecule has 3 rings (SSSR count). The summed E-state index contributed by atoms with van der Waals surface area (Å²) in [6, 6.07) is 16.0. The number of hydrogen-bond donors (Lipinski definition) is 2. The Balaban J connectivity index is 1.56. The molecule has 0 aliphatic rings. The molecule has 2 N–H and O–H groups in total. The van der Waals surface area contributed by atoms with Gasteiger partial charge in [0.25, 0.3) is 5.91 Å². The van der Waals surface area contributed by atoms with Crippen LogP contribution in [-0.2, 0) is 11.3 Å². The summed E-state index contributed by atoms with van der Waals surface area (Å²) in [6.45, 7) is 5.21. The maximum absolute atomic E-state index is 12.3. The lowest BCUT2D eigenvalue weighted by molar-refractivity contribution is -0.116. The molecule has 0 aliphatic heterocycles. The van der Waals surface area contributed by atoms with Crippen molar-refractivity contribution < 1.29 is 23.5 Å². The molecule has 7 nitrogen and oxygen atoms in total. The summed E-state index contributed by atoms with van der Waals surface area (Å²) in [5.74, 6) is 0.985. The predicted molar refractivity (Wildman–Crippen MR) is 123 cm³/mol. The molecule has 2 amide bonds. The fourth-order valence-corrected chi connectivity index (χ4v) is 2.95. The summed E-state index contributed by atoms with van der Waals surface area (Å²) in [7, 11) is 0. The second-order valence-electron chi connectivity index (χ2n) is 6.76. The van der Waals surface area contributed by atoms with Gasteiger partial charge in [-0.15, -0.1) is 0 Å². The van der Waals surface area contributed by atoms with Crippen molar-refractivity contribution in [3.05, 3.63) is 83.8 Å². The fraction of sp³-hybridized carbons (Fsp3) is 0.200. The van der Waals surface area contributed by atoms with Crippen LogP contribution in [0.2, 0.25) is 0 Å². The van der Waals surface area contributed by atoms with E-state index in [4.69, 9.17) is 13.9 Å². The van der Waals surface area contributed by atoms with E-state index in [1.165, 1.54) is 12.3 Å². The minimum Gasteiger partial charge on any atom is -0.490 e. The Labute approximate surface area is 187 Å². The molecule has 166 valence electrons. The van der Waals surface area contributed by atoms with Crippen molar-refractivity contribution in [2.75, 3.05) is 18.5 Å². The van der Waals surface area contributed by atoms with E-state index in [0.717, 1.165) is 11.1 Å². The van der Waals surface area contributed by atoms with E-state index >= 15 is 0 Å². The number of furan rings is 1. The van der Waals surface area contributed by atoms with Gasteiger partial charge in [0.2, 0.25) is 5.91 Å². The zero-order valence-electron chi connectivity index (χ0n) is 18.1. The van der Waals surface area contributed by atoms with Crippen LogP contribution in [0.25, 0.3) is 6.08 Å². The molecule has 0 spiro atoms. The molecule has 1 aromatic heterocycles. The van der Waals surface area contributed by atoms with Gasteiger partial charge in [-0.3, -0.25) is 9.59 Å². The number of amides is 2. The molecule has 32 heavy (non-hydrogen) atoms. The van der Waals surface area contributed by atoms with Crippen molar-refractivity contribution in [1.29, 1.82) is 0 Å². The highest BCUT2D eigenvalue weighted by Gasteiger charge is 2.09. The third kappa shape index (κ3) is 6.50. The smallest absolute Gasteiger partial charge is 0.291 e. The van der Waals surface area contributed by atoms with E-state index in [9.17, 15) is 9.59 Å². The SMILES string of the molecule is CCOc1ccc(/C=C/C(=O)NCc2cccc(NC(=O)c3ccco3)c2)cc1OCC. The van der Waals surface area contributed by atoms with Gasteiger partial charge in [-0.05, 0) is 67.4 Å². The summed E-state index contributed by atoms with van der Waals surface area (Å²) < 4.78 is 16.2. The predicted octanol–water partition coefficient (Wildman–Crippen LogP) is 4.66. The molecule has 0 radical (unpaired) electrons. The molecule has 0 atom stereocenters. The monoisotopic (exact) mass is 434 g/mol. The van der Waals surface area contributed by atoms with Crippen molar-refractivity contribution in [1.82, 2.24) is 5.32 Å². The summed E-state index contributed by atoms with van der Waals surface area (Å²) in [4.78, 5) is 24.3. The van der Waals surface area contributed by atoms with Gasteiger partial charge < -0.3 is 24.5 Å². The van der Waals surface area contributed by atoms with Crippen LogP contribution < -0.4 is 20.1 Å². The van der Waals surface area contributed by atoms with Crippen LogP contribution in [-0.4, -0.2) is 25.0 Å². The Morgan fingerprint density at radius 1 is 0.969 bits per heavy atom. The standard InChI is InChI=1S/C25H26N2O5/c1-3-30-21-12-10-18(16-23(21)31-4-2)11-13-24(28)26-17-19-7-5-8-20(15-19)27-25(29)22-9-6-14-32-22/h5-16H,3-4,17H2,1-2H3,(H,26,28)(H,27,29)/b13-11+. The number of anilines is 1. The number of nitrogens with one attached hydrogen (secondary N) is 2. The topological polar surface area (TPSA) is 89.8 Å². The Bertz CT molecular complexity index is 1070. The second kappa shape index (κ2) is 11.4. The number of carbonyl (C=O) groups is 2. The summed E-state index contributed by atoms with van der Waals surface area (Å²) in [5, 5.41) is 5.60. The van der Waals surface area contributed by atoms with E-state index in [0.29, 0.717) is 36.9 Å². The molecule has 0 aliphatic carbocycles. The Morgan fingerprint density at radius 3 is 2.53 bits per heavy atom. The first-order chi connectivity index (χ1) is 15.6. The van der Waals surface area contributed by atoms with Crippen LogP contribution in [0.5, 0.6) is 11.5 Å². The molecule has 7 heteroatoms. The number of carbonyl (C=O) groups excluding carboxylic acids is 2.